The normalized spacial score (nSPS) is 28.2. The molecule has 1 aliphatic carbocycles. The highest BCUT2D eigenvalue weighted by Gasteiger charge is 2.61. The van der Waals surface area contributed by atoms with Gasteiger partial charge in [0.25, 0.3) is 0 Å². The predicted molar refractivity (Wildman–Crippen MR) is 189 cm³/mol. The van der Waals surface area contributed by atoms with Gasteiger partial charge >= 0.3 is 12.1 Å². The Morgan fingerprint density at radius 1 is 1.08 bits per heavy atom. The molecular formula is C37H44FN5O7S. The number of thiophene rings is 1. The van der Waals surface area contributed by atoms with E-state index >= 15 is 0 Å². The number of carbonyl (C=O) groups is 4. The number of para-hydroxylation sites is 2. The maximum absolute atomic E-state index is 14.7. The van der Waals surface area contributed by atoms with Crippen LogP contribution in [0.1, 0.15) is 72.1 Å². The Morgan fingerprint density at radius 2 is 1.82 bits per heavy atom. The first kappa shape index (κ1) is 36.2. The number of carboxylic acid groups (broad SMARTS) is 1. The fourth-order valence-electron chi connectivity index (χ4n) is 6.74. The number of aliphatic carboxylic acids is 1. The van der Waals surface area contributed by atoms with Crippen LogP contribution in [-0.4, -0.2) is 85.9 Å². The van der Waals surface area contributed by atoms with Gasteiger partial charge in [-0.05, 0) is 76.5 Å². The molecule has 0 radical (unpaired) electrons. The minimum Gasteiger partial charge on any atom is -0.479 e. The summed E-state index contributed by atoms with van der Waals surface area (Å²) in [5, 5.41) is 17.6. The van der Waals surface area contributed by atoms with E-state index in [1.54, 1.807) is 32.9 Å². The Kier molecular flexibility index (Phi) is 10.6. The van der Waals surface area contributed by atoms with Crippen molar-refractivity contribution >= 4 is 46.2 Å². The van der Waals surface area contributed by atoms with Crippen molar-refractivity contribution in [1.29, 1.82) is 0 Å². The lowest BCUT2D eigenvalue weighted by molar-refractivity contribution is -0.145. The first-order valence-corrected chi connectivity index (χ1v) is 18.3. The van der Waals surface area contributed by atoms with Crippen molar-refractivity contribution in [3.8, 4) is 16.5 Å². The lowest BCUT2D eigenvalue weighted by Crippen LogP contribution is -2.56. The minimum atomic E-state index is -1.55. The van der Waals surface area contributed by atoms with Gasteiger partial charge in [0.2, 0.25) is 17.7 Å². The number of alkyl carbamates (subject to hydrolysis) is 1. The van der Waals surface area contributed by atoms with Crippen LogP contribution in [0.25, 0.3) is 21.6 Å². The van der Waals surface area contributed by atoms with Gasteiger partial charge in [-0.3, -0.25) is 9.59 Å². The fourth-order valence-corrected chi connectivity index (χ4v) is 7.45. The number of aromatic nitrogens is 2. The molecule has 14 heteroatoms. The molecule has 272 valence electrons. The quantitative estimate of drug-likeness (QED) is 0.277. The van der Waals surface area contributed by atoms with Gasteiger partial charge < -0.3 is 30.1 Å². The zero-order valence-corrected chi connectivity index (χ0v) is 29.8. The van der Waals surface area contributed by atoms with E-state index in [0.717, 1.165) is 4.88 Å². The van der Waals surface area contributed by atoms with Crippen LogP contribution in [0.15, 0.2) is 53.9 Å². The second-order valence-corrected chi connectivity index (χ2v) is 15.4. The number of hydrogen-bond donors (Lipinski definition) is 3. The van der Waals surface area contributed by atoms with Crippen LogP contribution in [0.3, 0.4) is 0 Å². The predicted octanol–water partition coefficient (Wildman–Crippen LogP) is 5.81. The molecule has 2 aliphatic heterocycles. The molecule has 2 fully saturated rings. The Morgan fingerprint density at radius 3 is 2.53 bits per heavy atom. The molecule has 3 aromatic rings. The smallest absolute Gasteiger partial charge is 0.408 e. The van der Waals surface area contributed by atoms with Crippen molar-refractivity contribution in [2.24, 2.45) is 5.92 Å². The highest BCUT2D eigenvalue weighted by Crippen LogP contribution is 2.45. The maximum Gasteiger partial charge on any atom is 0.408 e. The summed E-state index contributed by atoms with van der Waals surface area (Å²) in [6.45, 7) is 5.08. The van der Waals surface area contributed by atoms with Gasteiger partial charge in [-0.1, -0.05) is 43.2 Å². The van der Waals surface area contributed by atoms with Gasteiger partial charge in [0, 0.05) is 12.3 Å². The molecule has 6 atom stereocenters. The number of nitrogens with one attached hydrogen (secondary N) is 2. The number of rotatable bonds is 5. The van der Waals surface area contributed by atoms with Gasteiger partial charge in [-0.15, -0.1) is 11.3 Å². The van der Waals surface area contributed by atoms with E-state index in [9.17, 15) is 28.7 Å². The van der Waals surface area contributed by atoms with Crippen LogP contribution in [0.2, 0.25) is 0 Å². The van der Waals surface area contributed by atoms with Crippen molar-refractivity contribution in [3.63, 3.8) is 0 Å². The lowest BCUT2D eigenvalue weighted by Gasteiger charge is -2.30. The van der Waals surface area contributed by atoms with Crippen LogP contribution >= 0.6 is 11.3 Å². The molecule has 2 aromatic heterocycles. The van der Waals surface area contributed by atoms with E-state index < -0.39 is 65.3 Å². The highest BCUT2D eigenvalue weighted by molar-refractivity contribution is 7.13. The average Bonchev–Trinajstić information content (AvgIpc) is 3.38. The van der Waals surface area contributed by atoms with E-state index in [4.69, 9.17) is 19.4 Å². The molecule has 0 spiro atoms. The van der Waals surface area contributed by atoms with E-state index in [-0.39, 0.29) is 44.5 Å². The fraction of sp³-hybridized carbons (Fsp3) is 0.514. The first-order chi connectivity index (χ1) is 24.3. The van der Waals surface area contributed by atoms with Crippen LogP contribution in [0, 0.1) is 5.92 Å². The van der Waals surface area contributed by atoms with Crippen molar-refractivity contribution in [2.45, 2.75) is 108 Å². The molecule has 3 amide bonds. The first-order valence-electron chi connectivity index (χ1n) is 17.5. The molecular weight excluding hydrogens is 678 g/mol. The molecule has 1 saturated heterocycles. The molecule has 3 aliphatic rings. The van der Waals surface area contributed by atoms with Crippen molar-refractivity contribution < 1.29 is 38.1 Å². The Bertz CT molecular complexity index is 1800. The SMILES string of the molecule is CC(C)(C)OC(=O)N[C@@H]1CCCCC(F)CC/C=C\C2CC2(C(=O)O)NC(=O)C2C[C@@H](Oc3nc4ccccc4nc3-c3cccs3)CN2C1=O. The number of ether oxygens (including phenoxy) is 2. The number of amides is 3. The van der Waals surface area contributed by atoms with Crippen LogP contribution in [0.5, 0.6) is 5.88 Å². The third-order valence-corrected chi connectivity index (χ3v) is 10.3. The van der Waals surface area contributed by atoms with Crippen molar-refractivity contribution in [2.75, 3.05) is 6.54 Å². The summed E-state index contributed by atoms with van der Waals surface area (Å²) in [7, 11) is 0. The third-order valence-electron chi connectivity index (χ3n) is 9.43. The highest BCUT2D eigenvalue weighted by atomic mass is 32.1. The standard InChI is InChI=1S/C37H44FN5O7S/c1-36(2,3)50-35(48)41-27-16-7-6-13-23(38)12-5-4-11-22-20-37(22,34(46)47)42-31(44)28-19-24(21-43(28)33(27)45)49-32-30(29-17-10-18-51-29)39-25-14-8-9-15-26(25)40-32/h4,8-11,14-15,17-18,22-24,27-28H,5-7,12-13,16,19-21H2,1-3H3,(H,41,48)(H,42,44)(H,46,47)/b11-4-/t22?,23?,24-,27-,28?,37?/m1/s1. The molecule has 12 nitrogen and oxygen atoms in total. The molecule has 1 saturated carbocycles. The van der Waals surface area contributed by atoms with Gasteiger partial charge in [0.15, 0.2) is 0 Å². The summed E-state index contributed by atoms with van der Waals surface area (Å²) in [6, 6.07) is 8.97. The van der Waals surface area contributed by atoms with Gasteiger partial charge in [-0.2, -0.15) is 0 Å². The number of hydrogen-bond acceptors (Lipinski definition) is 9. The maximum atomic E-state index is 14.7. The number of carbonyl (C=O) groups excluding carboxylic acids is 3. The lowest BCUT2D eigenvalue weighted by atomic mass is 10.0. The number of alkyl halides is 1. The summed E-state index contributed by atoms with van der Waals surface area (Å²) in [4.78, 5) is 65.7. The molecule has 1 aromatic carbocycles. The minimum absolute atomic E-state index is 0.0366. The van der Waals surface area contributed by atoms with Crippen LogP contribution in [-0.2, 0) is 19.1 Å². The van der Waals surface area contributed by atoms with E-state index in [1.807, 2.05) is 41.8 Å². The summed E-state index contributed by atoms with van der Waals surface area (Å²) in [6.07, 6.45) is 3.22. The Hall–Kier alpha value is -4.59. The number of halogens is 1. The Balaban J connectivity index is 1.33. The second kappa shape index (κ2) is 14.9. The van der Waals surface area contributed by atoms with E-state index in [2.05, 4.69) is 10.6 Å². The van der Waals surface area contributed by atoms with E-state index in [0.29, 0.717) is 36.0 Å². The van der Waals surface area contributed by atoms with Gasteiger partial charge in [0.1, 0.15) is 41.2 Å². The summed E-state index contributed by atoms with van der Waals surface area (Å²) in [5.74, 6) is -2.62. The molecule has 51 heavy (non-hydrogen) atoms. The molecule has 4 heterocycles. The van der Waals surface area contributed by atoms with Gasteiger partial charge in [-0.25, -0.2) is 23.9 Å². The number of carboxylic acids is 1. The summed E-state index contributed by atoms with van der Waals surface area (Å²) in [5.41, 5.74) is -0.579. The van der Waals surface area contributed by atoms with E-state index in [1.165, 1.54) is 16.2 Å². The van der Waals surface area contributed by atoms with Crippen LogP contribution in [0.4, 0.5) is 9.18 Å². The van der Waals surface area contributed by atoms with Crippen LogP contribution < -0.4 is 15.4 Å². The zero-order valence-electron chi connectivity index (χ0n) is 29.0. The summed E-state index contributed by atoms with van der Waals surface area (Å²) < 4.78 is 26.7. The Labute approximate surface area is 299 Å². The number of benzene rings is 1. The van der Waals surface area contributed by atoms with Gasteiger partial charge in [0.05, 0.1) is 22.5 Å². The molecule has 4 unspecified atom stereocenters. The van der Waals surface area contributed by atoms with Crippen molar-refractivity contribution in [3.05, 3.63) is 53.9 Å². The largest absolute Gasteiger partial charge is 0.479 e. The average molecular weight is 722 g/mol. The number of fused-ring (bicyclic) bond motifs is 3. The zero-order chi connectivity index (χ0) is 36.3. The molecule has 6 rings (SSSR count). The monoisotopic (exact) mass is 721 g/mol. The second-order valence-electron chi connectivity index (χ2n) is 14.5. The molecule has 3 N–H and O–H groups in total. The topological polar surface area (TPSA) is 160 Å². The third kappa shape index (κ3) is 8.49. The summed E-state index contributed by atoms with van der Waals surface area (Å²) >= 11 is 1.47. The number of nitrogens with zero attached hydrogens (tertiary/aromatic N) is 3. The van der Waals surface area contributed by atoms with Crippen molar-refractivity contribution in [1.82, 2.24) is 25.5 Å². The molecule has 0 bridgehead atoms. The number of allylic oxidation sites excluding steroid dienone is 1.